The first-order valence-corrected chi connectivity index (χ1v) is 8.80. The van der Waals surface area contributed by atoms with Gasteiger partial charge in [-0.2, -0.15) is 15.4 Å². The monoisotopic (exact) mass is 324 g/mol. The summed E-state index contributed by atoms with van der Waals surface area (Å²) < 4.78 is 0. The maximum Gasteiger partial charge on any atom is 0.226 e. The number of hydrogen-bond acceptors (Lipinski definition) is 3. The van der Waals surface area contributed by atoms with Crippen molar-refractivity contribution in [1.82, 2.24) is 20.3 Å². The summed E-state index contributed by atoms with van der Waals surface area (Å²) in [5.41, 5.74) is 4.69. The van der Waals surface area contributed by atoms with Gasteiger partial charge in [-0.15, -0.1) is 0 Å². The molecule has 1 aromatic carbocycles. The van der Waals surface area contributed by atoms with E-state index >= 15 is 0 Å². The highest BCUT2D eigenvalue weighted by molar-refractivity contribution is 5.80. The Morgan fingerprint density at radius 3 is 2.79 bits per heavy atom. The minimum atomic E-state index is 0.0583. The van der Waals surface area contributed by atoms with E-state index in [-0.39, 0.29) is 11.3 Å². The Kier molecular flexibility index (Phi) is 3.66. The Labute approximate surface area is 142 Å². The largest absolute Gasteiger partial charge is 0.342 e. The van der Waals surface area contributed by atoms with E-state index < -0.39 is 0 Å². The predicted molar refractivity (Wildman–Crippen MR) is 91.6 cm³/mol. The summed E-state index contributed by atoms with van der Waals surface area (Å²) in [6.07, 6.45) is 3.49. The number of benzene rings is 1. The third-order valence-corrected chi connectivity index (χ3v) is 5.76. The standard InChI is InChI=1S/C19H24N4O/c1-13-3-6-15(7-4-13)19(2)9-10-23(12-19)18(24)14-5-8-16-17(11-14)21-22-20-16/h3-4,6-7,14H,5,8-12H2,1-2H3,(H,20,21,22)/t14-,19+/m1/s1. The number of aryl methyl sites for hydroxylation is 2. The Hall–Kier alpha value is -2.17. The molecule has 2 aromatic rings. The molecule has 5 nitrogen and oxygen atoms in total. The molecule has 2 aliphatic rings. The normalized spacial score (nSPS) is 26.4. The van der Waals surface area contributed by atoms with Crippen LogP contribution < -0.4 is 0 Å². The van der Waals surface area contributed by atoms with Gasteiger partial charge in [-0.25, -0.2) is 0 Å². The second kappa shape index (κ2) is 5.72. The molecule has 4 rings (SSSR count). The molecular weight excluding hydrogens is 300 g/mol. The fraction of sp³-hybridized carbons (Fsp3) is 0.526. The van der Waals surface area contributed by atoms with Crippen molar-refractivity contribution in [3.8, 4) is 0 Å². The zero-order valence-corrected chi connectivity index (χ0v) is 14.4. The van der Waals surface area contributed by atoms with Crippen LogP contribution >= 0.6 is 0 Å². The molecule has 1 aromatic heterocycles. The molecule has 0 unspecified atom stereocenters. The first kappa shape index (κ1) is 15.4. The SMILES string of the molecule is Cc1ccc([C@@]2(C)CCN(C(=O)[C@@H]3CCc4n[nH]nc4C3)C2)cc1. The van der Waals surface area contributed by atoms with Crippen molar-refractivity contribution in [2.24, 2.45) is 5.92 Å². The average molecular weight is 324 g/mol. The van der Waals surface area contributed by atoms with Gasteiger partial charge in [0.2, 0.25) is 5.91 Å². The number of nitrogens with zero attached hydrogens (tertiary/aromatic N) is 3. The van der Waals surface area contributed by atoms with Gasteiger partial charge in [-0.1, -0.05) is 36.8 Å². The van der Waals surface area contributed by atoms with Crippen LogP contribution in [0.25, 0.3) is 0 Å². The van der Waals surface area contributed by atoms with Gasteiger partial charge in [0.15, 0.2) is 0 Å². The van der Waals surface area contributed by atoms with E-state index in [9.17, 15) is 4.79 Å². The average Bonchev–Trinajstić information content (AvgIpc) is 3.21. The van der Waals surface area contributed by atoms with Gasteiger partial charge in [0.25, 0.3) is 0 Å². The van der Waals surface area contributed by atoms with Crippen molar-refractivity contribution < 1.29 is 4.79 Å². The zero-order chi connectivity index (χ0) is 16.7. The Bertz CT molecular complexity index is 751. The topological polar surface area (TPSA) is 61.9 Å². The molecule has 24 heavy (non-hydrogen) atoms. The number of carbonyl (C=O) groups is 1. The van der Waals surface area contributed by atoms with Crippen LogP contribution in [0.5, 0.6) is 0 Å². The van der Waals surface area contributed by atoms with Gasteiger partial charge in [-0.05, 0) is 31.7 Å². The summed E-state index contributed by atoms with van der Waals surface area (Å²) in [5, 5.41) is 11.0. The van der Waals surface area contributed by atoms with Gasteiger partial charge >= 0.3 is 0 Å². The molecule has 126 valence electrons. The molecule has 1 aliphatic heterocycles. The van der Waals surface area contributed by atoms with Crippen molar-refractivity contribution in [1.29, 1.82) is 0 Å². The number of aromatic nitrogens is 3. The summed E-state index contributed by atoms with van der Waals surface area (Å²) in [6, 6.07) is 8.76. The first-order chi connectivity index (χ1) is 11.5. The fourth-order valence-electron chi connectivity index (χ4n) is 4.09. The van der Waals surface area contributed by atoms with E-state index in [4.69, 9.17) is 0 Å². The lowest BCUT2D eigenvalue weighted by atomic mass is 9.81. The molecule has 0 radical (unpaired) electrons. The predicted octanol–water partition coefficient (Wildman–Crippen LogP) is 2.41. The Morgan fingerprint density at radius 2 is 2.00 bits per heavy atom. The van der Waals surface area contributed by atoms with Crippen LogP contribution in [0.15, 0.2) is 24.3 Å². The summed E-state index contributed by atoms with van der Waals surface area (Å²) >= 11 is 0. The van der Waals surface area contributed by atoms with Crippen LogP contribution in [0.2, 0.25) is 0 Å². The molecule has 1 amide bonds. The number of aromatic amines is 1. The molecule has 0 bridgehead atoms. The van der Waals surface area contributed by atoms with E-state index in [1.807, 2.05) is 0 Å². The molecule has 1 saturated heterocycles. The number of hydrogen-bond donors (Lipinski definition) is 1. The maximum atomic E-state index is 13.0. The summed E-state index contributed by atoms with van der Waals surface area (Å²) in [6.45, 7) is 6.06. The van der Waals surface area contributed by atoms with Crippen LogP contribution in [0.4, 0.5) is 0 Å². The van der Waals surface area contributed by atoms with E-state index in [2.05, 4.69) is 58.4 Å². The van der Waals surface area contributed by atoms with Crippen molar-refractivity contribution in [3.05, 3.63) is 46.8 Å². The Morgan fingerprint density at radius 1 is 1.25 bits per heavy atom. The quantitative estimate of drug-likeness (QED) is 0.923. The number of amides is 1. The molecule has 1 N–H and O–H groups in total. The van der Waals surface area contributed by atoms with E-state index in [0.717, 1.165) is 50.2 Å². The Balaban J connectivity index is 1.46. The lowest BCUT2D eigenvalue weighted by Gasteiger charge is -2.28. The third kappa shape index (κ3) is 2.62. The lowest BCUT2D eigenvalue weighted by Crippen LogP contribution is -2.38. The van der Waals surface area contributed by atoms with E-state index in [0.29, 0.717) is 5.91 Å². The highest BCUT2D eigenvalue weighted by Gasteiger charge is 2.40. The summed E-state index contributed by atoms with van der Waals surface area (Å²) in [5.74, 6) is 0.349. The molecule has 2 atom stereocenters. The van der Waals surface area contributed by atoms with Gasteiger partial charge in [0, 0.05) is 30.8 Å². The molecule has 5 heteroatoms. The van der Waals surface area contributed by atoms with Crippen LogP contribution in [0, 0.1) is 12.8 Å². The number of rotatable bonds is 2. The summed E-state index contributed by atoms with van der Waals surface area (Å²) in [7, 11) is 0. The number of nitrogens with one attached hydrogen (secondary N) is 1. The lowest BCUT2D eigenvalue weighted by molar-refractivity contribution is -0.135. The van der Waals surface area contributed by atoms with Crippen molar-refractivity contribution in [2.75, 3.05) is 13.1 Å². The first-order valence-electron chi connectivity index (χ1n) is 8.80. The number of carbonyl (C=O) groups excluding carboxylic acids is 1. The van der Waals surface area contributed by atoms with Crippen molar-refractivity contribution >= 4 is 5.91 Å². The van der Waals surface area contributed by atoms with Crippen LogP contribution in [-0.4, -0.2) is 39.3 Å². The molecule has 1 fully saturated rings. The highest BCUT2D eigenvalue weighted by atomic mass is 16.2. The molecular formula is C19H24N4O. The fourth-order valence-corrected chi connectivity index (χ4v) is 4.09. The number of H-pyrrole nitrogens is 1. The van der Waals surface area contributed by atoms with Crippen molar-refractivity contribution in [3.63, 3.8) is 0 Å². The minimum absolute atomic E-state index is 0.0583. The van der Waals surface area contributed by atoms with E-state index in [1.54, 1.807) is 0 Å². The maximum absolute atomic E-state index is 13.0. The second-order valence-electron chi connectivity index (χ2n) is 7.59. The highest BCUT2D eigenvalue weighted by Crippen LogP contribution is 2.36. The number of likely N-dealkylation sites (tertiary alicyclic amines) is 1. The molecule has 2 heterocycles. The van der Waals surface area contributed by atoms with E-state index in [1.165, 1.54) is 11.1 Å². The van der Waals surface area contributed by atoms with Gasteiger partial charge < -0.3 is 4.90 Å². The van der Waals surface area contributed by atoms with Crippen LogP contribution in [-0.2, 0) is 23.1 Å². The van der Waals surface area contributed by atoms with Crippen molar-refractivity contribution in [2.45, 2.75) is 44.9 Å². The van der Waals surface area contributed by atoms with Gasteiger partial charge in [-0.3, -0.25) is 4.79 Å². The smallest absolute Gasteiger partial charge is 0.226 e. The zero-order valence-electron chi connectivity index (χ0n) is 14.4. The molecule has 0 spiro atoms. The van der Waals surface area contributed by atoms with Gasteiger partial charge in [0.1, 0.15) is 0 Å². The minimum Gasteiger partial charge on any atom is -0.342 e. The second-order valence-corrected chi connectivity index (χ2v) is 7.59. The van der Waals surface area contributed by atoms with Crippen LogP contribution in [0.3, 0.4) is 0 Å². The number of fused-ring (bicyclic) bond motifs is 1. The summed E-state index contributed by atoms with van der Waals surface area (Å²) in [4.78, 5) is 15.0. The van der Waals surface area contributed by atoms with Crippen LogP contribution in [0.1, 0.15) is 42.3 Å². The third-order valence-electron chi connectivity index (χ3n) is 5.76. The molecule has 0 saturated carbocycles. The van der Waals surface area contributed by atoms with Gasteiger partial charge in [0.05, 0.1) is 11.4 Å². The molecule has 1 aliphatic carbocycles.